The molecule has 0 radical (unpaired) electrons. The van der Waals surface area contributed by atoms with Crippen molar-refractivity contribution in [3.05, 3.63) is 100 Å². The maximum atomic E-state index is 12.1. The van der Waals surface area contributed by atoms with E-state index in [1.807, 2.05) is 31.2 Å². The fraction of sp³-hybridized carbons (Fsp3) is 0.138. The molecule has 9 heteroatoms. The van der Waals surface area contributed by atoms with Crippen molar-refractivity contribution in [1.82, 2.24) is 5.43 Å². The number of fused-ring (bicyclic) bond motifs is 1. The summed E-state index contributed by atoms with van der Waals surface area (Å²) in [4.78, 5) is 24.2. The van der Waals surface area contributed by atoms with Crippen LogP contribution in [0.2, 0.25) is 10.0 Å². The second kappa shape index (κ2) is 12.9. The highest BCUT2D eigenvalue weighted by molar-refractivity contribution is 6.42. The van der Waals surface area contributed by atoms with Gasteiger partial charge in [0.25, 0.3) is 0 Å². The molecule has 0 aliphatic heterocycles. The monoisotopic (exact) mass is 549 g/mol. The van der Waals surface area contributed by atoms with E-state index in [4.69, 9.17) is 32.7 Å². The molecule has 0 aromatic heterocycles. The summed E-state index contributed by atoms with van der Waals surface area (Å²) in [5, 5.41) is 9.49. The average Bonchev–Trinajstić information content (AvgIpc) is 2.90. The number of rotatable bonds is 10. The van der Waals surface area contributed by atoms with Crippen molar-refractivity contribution in [3.63, 3.8) is 0 Å². The average molecular weight is 550 g/mol. The standard InChI is InChI=1S/C29H25Cl2N3O4/c1-2-37-27-14-19(10-13-26(27)38-18-21-8-5-7-20-6-3-4-9-23(20)21)17-32-34-29(36)16-28(35)33-22-11-12-24(30)25(31)15-22/h3-15,17H,2,16,18H2,1H3,(H,33,35)(H,34,36)/b32-17+. The van der Waals surface area contributed by atoms with Crippen LogP contribution in [0.25, 0.3) is 10.8 Å². The van der Waals surface area contributed by atoms with Crippen molar-refractivity contribution >= 4 is 57.7 Å². The first kappa shape index (κ1) is 27.0. The van der Waals surface area contributed by atoms with E-state index in [1.165, 1.54) is 12.3 Å². The molecule has 2 N–H and O–H groups in total. The summed E-state index contributed by atoms with van der Waals surface area (Å²) in [6.07, 6.45) is 1.05. The Hall–Kier alpha value is -4.07. The number of anilines is 1. The van der Waals surface area contributed by atoms with E-state index in [0.717, 1.165) is 16.3 Å². The van der Waals surface area contributed by atoms with E-state index in [2.05, 4.69) is 34.0 Å². The number of carbonyl (C=O) groups is 2. The van der Waals surface area contributed by atoms with Gasteiger partial charge in [0.2, 0.25) is 11.8 Å². The third-order valence-electron chi connectivity index (χ3n) is 5.46. The largest absolute Gasteiger partial charge is 0.490 e. The lowest BCUT2D eigenvalue weighted by Gasteiger charge is -2.13. The molecular formula is C29H25Cl2N3O4. The molecule has 7 nitrogen and oxygen atoms in total. The molecular weight excluding hydrogens is 525 g/mol. The van der Waals surface area contributed by atoms with Gasteiger partial charge in [-0.1, -0.05) is 65.7 Å². The molecule has 0 heterocycles. The predicted molar refractivity (Wildman–Crippen MR) is 151 cm³/mol. The van der Waals surface area contributed by atoms with E-state index < -0.39 is 18.2 Å². The van der Waals surface area contributed by atoms with Gasteiger partial charge in [-0.3, -0.25) is 9.59 Å². The van der Waals surface area contributed by atoms with Gasteiger partial charge < -0.3 is 14.8 Å². The Morgan fingerprint density at radius 2 is 1.68 bits per heavy atom. The van der Waals surface area contributed by atoms with Gasteiger partial charge in [0.1, 0.15) is 13.0 Å². The SMILES string of the molecule is CCOc1cc(/C=N/NC(=O)CC(=O)Nc2ccc(Cl)c(Cl)c2)ccc1OCc1cccc2ccccc12. The van der Waals surface area contributed by atoms with Crippen LogP contribution in [0.5, 0.6) is 11.5 Å². The van der Waals surface area contributed by atoms with Crippen LogP contribution in [0.4, 0.5) is 5.69 Å². The molecule has 0 atom stereocenters. The van der Waals surface area contributed by atoms with Gasteiger partial charge in [0.15, 0.2) is 11.5 Å². The molecule has 0 unspecified atom stereocenters. The summed E-state index contributed by atoms with van der Waals surface area (Å²) in [5.41, 5.74) is 4.54. The Labute approximate surface area is 230 Å². The number of amides is 2. The fourth-order valence-corrected chi connectivity index (χ4v) is 4.01. The van der Waals surface area contributed by atoms with Crippen LogP contribution in [0.15, 0.2) is 84.0 Å². The zero-order valence-corrected chi connectivity index (χ0v) is 22.1. The maximum absolute atomic E-state index is 12.1. The highest BCUT2D eigenvalue weighted by atomic mass is 35.5. The van der Waals surface area contributed by atoms with Crippen molar-refractivity contribution in [2.24, 2.45) is 5.10 Å². The van der Waals surface area contributed by atoms with Crippen LogP contribution in [0.3, 0.4) is 0 Å². The quantitative estimate of drug-likeness (QED) is 0.132. The number of halogens is 2. The molecule has 4 aromatic carbocycles. The number of hydrogen-bond donors (Lipinski definition) is 2. The van der Waals surface area contributed by atoms with Crippen molar-refractivity contribution in [2.75, 3.05) is 11.9 Å². The molecule has 2 amide bonds. The second-order valence-electron chi connectivity index (χ2n) is 8.21. The number of hydrogen-bond acceptors (Lipinski definition) is 5. The van der Waals surface area contributed by atoms with Crippen LogP contribution >= 0.6 is 23.2 Å². The molecule has 0 saturated heterocycles. The number of hydrazone groups is 1. The number of ether oxygens (including phenoxy) is 2. The van der Waals surface area contributed by atoms with Crippen molar-refractivity contribution in [2.45, 2.75) is 20.0 Å². The van der Waals surface area contributed by atoms with Crippen LogP contribution in [0.1, 0.15) is 24.5 Å². The summed E-state index contributed by atoms with van der Waals surface area (Å²) in [6.45, 7) is 2.73. The third-order valence-corrected chi connectivity index (χ3v) is 6.20. The molecule has 38 heavy (non-hydrogen) atoms. The normalized spacial score (nSPS) is 10.9. The Balaban J connectivity index is 1.34. The van der Waals surface area contributed by atoms with Gasteiger partial charge in [0, 0.05) is 5.69 Å². The van der Waals surface area contributed by atoms with Crippen LogP contribution < -0.4 is 20.2 Å². The maximum Gasteiger partial charge on any atom is 0.249 e. The number of nitrogens with one attached hydrogen (secondary N) is 2. The highest BCUT2D eigenvalue weighted by Gasteiger charge is 2.11. The number of carbonyl (C=O) groups excluding carboxylic acids is 2. The van der Waals surface area contributed by atoms with Crippen LogP contribution in [-0.2, 0) is 16.2 Å². The summed E-state index contributed by atoms with van der Waals surface area (Å²) in [5.74, 6) is 0.0743. The fourth-order valence-electron chi connectivity index (χ4n) is 3.71. The van der Waals surface area contributed by atoms with Gasteiger partial charge >= 0.3 is 0 Å². The van der Waals surface area contributed by atoms with E-state index in [0.29, 0.717) is 46.0 Å². The minimum atomic E-state index is -0.570. The Morgan fingerprint density at radius 3 is 2.50 bits per heavy atom. The van der Waals surface area contributed by atoms with Gasteiger partial charge in [-0.2, -0.15) is 5.10 Å². The van der Waals surface area contributed by atoms with Crippen molar-refractivity contribution < 1.29 is 19.1 Å². The first-order valence-corrected chi connectivity index (χ1v) is 12.6. The molecule has 0 spiro atoms. The van der Waals surface area contributed by atoms with Gasteiger partial charge in [-0.05, 0) is 65.2 Å². The highest BCUT2D eigenvalue weighted by Crippen LogP contribution is 2.30. The molecule has 4 rings (SSSR count). The first-order chi connectivity index (χ1) is 18.4. The lowest BCUT2D eigenvalue weighted by atomic mass is 10.1. The molecule has 0 aliphatic rings. The molecule has 0 bridgehead atoms. The number of benzene rings is 4. The summed E-state index contributed by atoms with van der Waals surface area (Å²) < 4.78 is 11.9. The zero-order chi connectivity index (χ0) is 26.9. The van der Waals surface area contributed by atoms with Crippen molar-refractivity contribution in [3.8, 4) is 11.5 Å². The lowest BCUT2D eigenvalue weighted by Crippen LogP contribution is -2.24. The second-order valence-corrected chi connectivity index (χ2v) is 9.03. The third kappa shape index (κ3) is 7.25. The topological polar surface area (TPSA) is 89.0 Å². The van der Waals surface area contributed by atoms with E-state index in [-0.39, 0.29) is 0 Å². The minimum absolute atomic E-state index is 0.301. The zero-order valence-electron chi connectivity index (χ0n) is 20.5. The van der Waals surface area contributed by atoms with Gasteiger partial charge in [0.05, 0.1) is 22.9 Å². The molecule has 0 aliphatic carbocycles. The summed E-state index contributed by atoms with van der Waals surface area (Å²) in [6, 6.07) is 24.3. The molecule has 194 valence electrons. The van der Waals surface area contributed by atoms with Gasteiger partial charge in [-0.25, -0.2) is 5.43 Å². The summed E-state index contributed by atoms with van der Waals surface area (Å²) in [7, 11) is 0. The predicted octanol–water partition coefficient (Wildman–Crippen LogP) is 6.60. The Morgan fingerprint density at radius 1 is 0.868 bits per heavy atom. The van der Waals surface area contributed by atoms with Crippen LogP contribution in [0, 0.1) is 0 Å². The van der Waals surface area contributed by atoms with E-state index in [1.54, 1.807) is 30.3 Å². The minimum Gasteiger partial charge on any atom is -0.490 e. The first-order valence-electron chi connectivity index (χ1n) is 11.9. The summed E-state index contributed by atoms with van der Waals surface area (Å²) >= 11 is 11.8. The molecule has 0 saturated carbocycles. The molecule has 4 aromatic rings. The lowest BCUT2D eigenvalue weighted by molar-refractivity contribution is -0.126. The number of nitrogens with zero attached hydrogens (tertiary/aromatic N) is 1. The van der Waals surface area contributed by atoms with E-state index in [9.17, 15) is 9.59 Å². The van der Waals surface area contributed by atoms with Crippen LogP contribution in [-0.4, -0.2) is 24.6 Å². The smallest absolute Gasteiger partial charge is 0.249 e. The Kier molecular flexibility index (Phi) is 9.19. The molecule has 0 fully saturated rings. The van der Waals surface area contributed by atoms with Gasteiger partial charge in [-0.15, -0.1) is 0 Å². The van der Waals surface area contributed by atoms with E-state index >= 15 is 0 Å². The van der Waals surface area contributed by atoms with Crippen molar-refractivity contribution in [1.29, 1.82) is 0 Å². The Bertz CT molecular complexity index is 1480.